The largest absolute Gasteiger partial charge is 0.495 e. The summed E-state index contributed by atoms with van der Waals surface area (Å²) in [5.74, 6) is -1.41. The summed E-state index contributed by atoms with van der Waals surface area (Å²) in [7, 11) is -2.74. The fraction of sp³-hybridized carbons (Fsp3) is 0.150. The molecular formula is C20H21N5O5S. The van der Waals surface area contributed by atoms with E-state index >= 15 is 0 Å². The van der Waals surface area contributed by atoms with E-state index < -0.39 is 21.8 Å². The highest BCUT2D eigenvalue weighted by Crippen LogP contribution is 2.28. The molecule has 0 aliphatic carbocycles. The predicted molar refractivity (Wildman–Crippen MR) is 115 cm³/mol. The Morgan fingerprint density at radius 3 is 2.39 bits per heavy atom. The topological polar surface area (TPSA) is 156 Å². The molecule has 0 spiro atoms. The van der Waals surface area contributed by atoms with Crippen LogP contribution in [0.5, 0.6) is 5.75 Å². The van der Waals surface area contributed by atoms with Crippen molar-refractivity contribution in [2.45, 2.75) is 18.7 Å². The number of amides is 2. The maximum Gasteiger partial charge on any atom is 0.271 e. The molecule has 0 bridgehead atoms. The molecule has 2 amide bonds. The van der Waals surface area contributed by atoms with Gasteiger partial charge in [-0.15, -0.1) is 0 Å². The maximum absolute atomic E-state index is 13.0. The number of aromatic nitrogens is 2. The van der Waals surface area contributed by atoms with E-state index in [-0.39, 0.29) is 27.6 Å². The summed E-state index contributed by atoms with van der Waals surface area (Å²) in [4.78, 5) is 24.0. The first-order valence-corrected chi connectivity index (χ1v) is 10.5. The number of primary amides is 1. The smallest absolute Gasteiger partial charge is 0.271 e. The second-order valence-corrected chi connectivity index (χ2v) is 8.38. The highest BCUT2D eigenvalue weighted by atomic mass is 32.2. The van der Waals surface area contributed by atoms with Gasteiger partial charge in [0.1, 0.15) is 10.6 Å². The van der Waals surface area contributed by atoms with Crippen molar-refractivity contribution in [1.29, 1.82) is 0 Å². The number of carbonyl (C=O) groups excluding carboxylic acids is 2. The van der Waals surface area contributed by atoms with Gasteiger partial charge in [0, 0.05) is 11.3 Å². The number of hydrogen-bond acceptors (Lipinski definition) is 6. The molecule has 10 nitrogen and oxygen atoms in total. The maximum atomic E-state index is 13.0. The summed E-state index contributed by atoms with van der Waals surface area (Å²) in [6.45, 7) is 3.49. The molecule has 11 heteroatoms. The molecule has 31 heavy (non-hydrogen) atoms. The third-order valence-electron chi connectivity index (χ3n) is 4.44. The van der Waals surface area contributed by atoms with Crippen LogP contribution in [-0.4, -0.2) is 37.5 Å². The summed E-state index contributed by atoms with van der Waals surface area (Å²) in [5, 5.41) is 8.87. The van der Waals surface area contributed by atoms with Gasteiger partial charge in [0.25, 0.3) is 21.8 Å². The quantitative estimate of drug-likeness (QED) is 0.438. The van der Waals surface area contributed by atoms with Crippen molar-refractivity contribution in [2.24, 2.45) is 5.73 Å². The third-order valence-corrected chi connectivity index (χ3v) is 5.84. The number of H-pyrrole nitrogens is 1. The molecule has 3 rings (SSSR count). The van der Waals surface area contributed by atoms with Crippen LogP contribution >= 0.6 is 0 Å². The lowest BCUT2D eigenvalue weighted by molar-refractivity contribution is 0.0996. The van der Waals surface area contributed by atoms with E-state index in [0.29, 0.717) is 11.4 Å². The standard InChI is InChI=1S/C20H21N5O5S/c1-11-4-7-14(8-5-11)25-31(28,29)16-10-13(6-9-15(16)30-3)20(27)22-17-12(2)23-24-18(17)19(21)26/h4-10,25H,1-3H3,(H2,21,26)(H,22,27)(H,23,24). The molecule has 2 aromatic carbocycles. The SMILES string of the molecule is COc1ccc(C(=O)Nc2c(C(N)=O)n[nH]c2C)cc1S(=O)(=O)Nc1ccc(C)cc1. The van der Waals surface area contributed by atoms with Crippen LogP contribution in [0.3, 0.4) is 0 Å². The Balaban J connectivity index is 1.95. The van der Waals surface area contributed by atoms with Gasteiger partial charge in [-0.25, -0.2) is 8.42 Å². The molecule has 1 aromatic heterocycles. The van der Waals surface area contributed by atoms with Gasteiger partial charge in [0.15, 0.2) is 5.69 Å². The second-order valence-electron chi connectivity index (χ2n) is 6.73. The van der Waals surface area contributed by atoms with Gasteiger partial charge in [-0.1, -0.05) is 17.7 Å². The van der Waals surface area contributed by atoms with Crippen molar-refractivity contribution < 1.29 is 22.7 Å². The van der Waals surface area contributed by atoms with E-state index in [1.807, 2.05) is 6.92 Å². The van der Waals surface area contributed by atoms with Gasteiger partial charge in [-0.3, -0.25) is 19.4 Å². The second kappa shape index (κ2) is 8.48. The fourth-order valence-corrected chi connectivity index (χ4v) is 4.06. The van der Waals surface area contributed by atoms with E-state index in [1.54, 1.807) is 31.2 Å². The number of nitrogens with zero attached hydrogens (tertiary/aromatic N) is 1. The number of nitrogens with two attached hydrogens (primary N) is 1. The van der Waals surface area contributed by atoms with Gasteiger partial charge in [-0.2, -0.15) is 5.10 Å². The van der Waals surface area contributed by atoms with Crippen LogP contribution < -0.4 is 20.5 Å². The minimum absolute atomic E-state index is 0.0288. The average Bonchev–Trinajstić information content (AvgIpc) is 3.09. The highest BCUT2D eigenvalue weighted by molar-refractivity contribution is 7.92. The average molecular weight is 443 g/mol. The van der Waals surface area contributed by atoms with Gasteiger partial charge < -0.3 is 15.8 Å². The number of nitrogens with one attached hydrogen (secondary N) is 3. The van der Waals surface area contributed by atoms with Crippen molar-refractivity contribution in [3.63, 3.8) is 0 Å². The molecule has 0 radical (unpaired) electrons. The highest BCUT2D eigenvalue weighted by Gasteiger charge is 2.23. The lowest BCUT2D eigenvalue weighted by Crippen LogP contribution is -2.19. The van der Waals surface area contributed by atoms with Crippen LogP contribution in [0.2, 0.25) is 0 Å². The molecule has 0 aliphatic heterocycles. The normalized spacial score (nSPS) is 11.1. The van der Waals surface area contributed by atoms with E-state index in [0.717, 1.165) is 5.56 Å². The number of anilines is 2. The summed E-state index contributed by atoms with van der Waals surface area (Å²) in [5.41, 5.74) is 7.05. The molecule has 0 saturated carbocycles. The fourth-order valence-electron chi connectivity index (χ4n) is 2.81. The zero-order valence-electron chi connectivity index (χ0n) is 17.0. The molecule has 0 saturated heterocycles. The number of methoxy groups -OCH3 is 1. The Bertz CT molecular complexity index is 1250. The number of sulfonamides is 1. The van der Waals surface area contributed by atoms with E-state index in [1.165, 1.54) is 25.3 Å². The van der Waals surface area contributed by atoms with Gasteiger partial charge in [0.05, 0.1) is 18.5 Å². The van der Waals surface area contributed by atoms with Crippen LogP contribution in [0, 0.1) is 13.8 Å². The molecule has 0 aliphatic rings. The van der Waals surface area contributed by atoms with Crippen molar-refractivity contribution in [3.8, 4) is 5.75 Å². The zero-order valence-corrected chi connectivity index (χ0v) is 17.8. The van der Waals surface area contributed by atoms with E-state index in [4.69, 9.17) is 10.5 Å². The van der Waals surface area contributed by atoms with Crippen molar-refractivity contribution in [1.82, 2.24) is 10.2 Å². The molecule has 0 unspecified atom stereocenters. The monoisotopic (exact) mass is 443 g/mol. The Labute approximate surface area is 178 Å². The van der Waals surface area contributed by atoms with Crippen molar-refractivity contribution >= 4 is 33.2 Å². The van der Waals surface area contributed by atoms with Crippen LogP contribution in [-0.2, 0) is 10.0 Å². The number of carbonyl (C=O) groups is 2. The molecular weight excluding hydrogens is 422 g/mol. The van der Waals surface area contributed by atoms with Crippen LogP contribution in [0.15, 0.2) is 47.4 Å². The van der Waals surface area contributed by atoms with Gasteiger partial charge >= 0.3 is 0 Å². The Hall–Kier alpha value is -3.86. The molecule has 1 heterocycles. The lowest BCUT2D eigenvalue weighted by Gasteiger charge is -2.13. The lowest BCUT2D eigenvalue weighted by atomic mass is 10.2. The Morgan fingerprint density at radius 2 is 1.77 bits per heavy atom. The number of hydrogen-bond donors (Lipinski definition) is 4. The summed E-state index contributed by atoms with van der Waals surface area (Å²) in [6.07, 6.45) is 0. The molecule has 5 N–H and O–H groups in total. The van der Waals surface area contributed by atoms with Crippen molar-refractivity contribution in [2.75, 3.05) is 17.1 Å². The van der Waals surface area contributed by atoms with Crippen molar-refractivity contribution in [3.05, 3.63) is 65.0 Å². The minimum Gasteiger partial charge on any atom is -0.495 e. The first-order valence-electron chi connectivity index (χ1n) is 9.06. The van der Waals surface area contributed by atoms with E-state index in [2.05, 4.69) is 20.2 Å². The predicted octanol–water partition coefficient (Wildman–Crippen LogP) is 2.19. The van der Waals surface area contributed by atoms with E-state index in [9.17, 15) is 18.0 Å². The minimum atomic E-state index is -4.06. The Kier molecular flexibility index (Phi) is 5.97. The summed E-state index contributed by atoms with van der Waals surface area (Å²) in [6, 6.07) is 10.7. The number of rotatable bonds is 7. The number of aromatic amines is 1. The number of ether oxygens (including phenoxy) is 1. The summed E-state index contributed by atoms with van der Waals surface area (Å²) < 4.78 is 33.6. The Morgan fingerprint density at radius 1 is 1.10 bits per heavy atom. The van der Waals surface area contributed by atoms with Gasteiger partial charge in [-0.05, 0) is 44.2 Å². The summed E-state index contributed by atoms with van der Waals surface area (Å²) >= 11 is 0. The first-order chi connectivity index (χ1) is 14.6. The third kappa shape index (κ3) is 4.67. The number of benzene rings is 2. The van der Waals surface area contributed by atoms with Crippen LogP contribution in [0.1, 0.15) is 32.1 Å². The molecule has 162 valence electrons. The van der Waals surface area contributed by atoms with Crippen LogP contribution in [0.25, 0.3) is 0 Å². The van der Waals surface area contributed by atoms with Crippen LogP contribution in [0.4, 0.5) is 11.4 Å². The van der Waals surface area contributed by atoms with Gasteiger partial charge in [0.2, 0.25) is 0 Å². The molecule has 0 fully saturated rings. The molecule has 3 aromatic rings. The number of aryl methyl sites for hydroxylation is 2. The zero-order chi connectivity index (χ0) is 22.8. The first kappa shape index (κ1) is 21.8. The molecule has 0 atom stereocenters.